The van der Waals surface area contributed by atoms with E-state index in [2.05, 4.69) is 11.0 Å². The van der Waals surface area contributed by atoms with Gasteiger partial charge in [0.05, 0.1) is 23.0 Å². The largest absolute Gasteiger partial charge is 0.397 e. The van der Waals surface area contributed by atoms with Crippen molar-refractivity contribution in [3.05, 3.63) is 23.8 Å². The van der Waals surface area contributed by atoms with Gasteiger partial charge in [-0.15, -0.1) is 0 Å². The van der Waals surface area contributed by atoms with E-state index < -0.39 is 0 Å². The van der Waals surface area contributed by atoms with Gasteiger partial charge >= 0.3 is 0 Å². The molecule has 1 fully saturated rings. The molecule has 16 heavy (non-hydrogen) atoms. The smallest absolute Gasteiger partial charge is 0.0992 e. The fraction of sp³-hybridized carbons (Fsp3) is 0.417. The highest BCUT2D eigenvalue weighted by atomic mass is 32.2. The third kappa shape index (κ3) is 2.42. The minimum atomic E-state index is 0.682. The van der Waals surface area contributed by atoms with Crippen LogP contribution in [0.15, 0.2) is 18.2 Å². The van der Waals surface area contributed by atoms with Crippen LogP contribution in [0.2, 0.25) is 0 Å². The topological polar surface area (TPSA) is 53.1 Å². The minimum Gasteiger partial charge on any atom is -0.397 e. The Labute approximate surface area is 100 Å². The molecule has 1 aromatic carbocycles. The number of nitriles is 1. The summed E-state index contributed by atoms with van der Waals surface area (Å²) in [6, 6.07) is 7.65. The monoisotopic (exact) mass is 233 g/mol. The average molecular weight is 233 g/mol. The zero-order valence-electron chi connectivity index (χ0n) is 9.15. The van der Waals surface area contributed by atoms with E-state index in [1.54, 1.807) is 6.07 Å². The maximum absolute atomic E-state index is 8.89. The van der Waals surface area contributed by atoms with Crippen LogP contribution in [0.5, 0.6) is 0 Å². The summed E-state index contributed by atoms with van der Waals surface area (Å²) in [5.74, 6) is 2.35. The molecule has 1 aliphatic heterocycles. The Morgan fingerprint density at radius 2 is 2.19 bits per heavy atom. The Kier molecular flexibility index (Phi) is 3.58. The summed E-state index contributed by atoms with van der Waals surface area (Å²) in [6.07, 6.45) is 1.18. The van der Waals surface area contributed by atoms with E-state index in [1.165, 1.54) is 12.2 Å². The predicted octanol–water partition coefficient (Wildman–Crippen LogP) is 2.08. The summed E-state index contributed by atoms with van der Waals surface area (Å²) < 4.78 is 0. The molecule has 2 rings (SSSR count). The van der Waals surface area contributed by atoms with Crippen LogP contribution in [0.3, 0.4) is 0 Å². The minimum absolute atomic E-state index is 0.682. The third-order valence-corrected chi connectivity index (χ3v) is 3.77. The first kappa shape index (κ1) is 11.2. The number of benzene rings is 1. The molecule has 0 radical (unpaired) electrons. The first-order valence-corrected chi connectivity index (χ1v) is 6.59. The van der Waals surface area contributed by atoms with E-state index in [0.29, 0.717) is 5.56 Å². The van der Waals surface area contributed by atoms with Gasteiger partial charge in [0, 0.05) is 18.8 Å². The molecular weight excluding hydrogens is 218 g/mol. The van der Waals surface area contributed by atoms with Crippen LogP contribution < -0.4 is 10.6 Å². The molecule has 4 heteroatoms. The maximum Gasteiger partial charge on any atom is 0.0992 e. The molecule has 0 aromatic heterocycles. The van der Waals surface area contributed by atoms with Crippen LogP contribution >= 0.6 is 11.8 Å². The number of nitrogens with two attached hydrogens (primary N) is 1. The number of thioether (sulfide) groups is 1. The second-order valence-corrected chi connectivity index (χ2v) is 5.06. The van der Waals surface area contributed by atoms with Crippen molar-refractivity contribution < 1.29 is 0 Å². The van der Waals surface area contributed by atoms with Crippen molar-refractivity contribution in [3.63, 3.8) is 0 Å². The lowest BCUT2D eigenvalue weighted by atomic mass is 10.1. The van der Waals surface area contributed by atoms with Crippen LogP contribution in [-0.2, 0) is 0 Å². The van der Waals surface area contributed by atoms with Crippen molar-refractivity contribution in [2.75, 3.05) is 35.2 Å². The number of nitrogens with zero attached hydrogens (tertiary/aromatic N) is 2. The van der Waals surface area contributed by atoms with E-state index in [-0.39, 0.29) is 0 Å². The highest BCUT2D eigenvalue weighted by molar-refractivity contribution is 7.99. The molecule has 3 nitrogen and oxygen atoms in total. The van der Waals surface area contributed by atoms with Crippen molar-refractivity contribution in [2.24, 2.45) is 0 Å². The van der Waals surface area contributed by atoms with Crippen LogP contribution in [0, 0.1) is 11.3 Å². The van der Waals surface area contributed by atoms with Crippen molar-refractivity contribution in [3.8, 4) is 6.07 Å². The Morgan fingerprint density at radius 1 is 1.31 bits per heavy atom. The van der Waals surface area contributed by atoms with Crippen LogP contribution in [-0.4, -0.2) is 24.6 Å². The van der Waals surface area contributed by atoms with Gasteiger partial charge < -0.3 is 10.6 Å². The van der Waals surface area contributed by atoms with Crippen molar-refractivity contribution in [1.29, 1.82) is 5.26 Å². The Bertz CT molecular complexity index is 403. The summed E-state index contributed by atoms with van der Waals surface area (Å²) in [4.78, 5) is 2.29. The van der Waals surface area contributed by atoms with Crippen molar-refractivity contribution in [2.45, 2.75) is 6.42 Å². The van der Waals surface area contributed by atoms with E-state index in [0.717, 1.165) is 30.2 Å². The fourth-order valence-electron chi connectivity index (χ4n) is 1.87. The van der Waals surface area contributed by atoms with Gasteiger partial charge in [-0.3, -0.25) is 0 Å². The second-order valence-electron chi connectivity index (χ2n) is 3.84. The molecule has 0 atom stereocenters. The van der Waals surface area contributed by atoms with Gasteiger partial charge in [0.1, 0.15) is 0 Å². The summed E-state index contributed by atoms with van der Waals surface area (Å²) >= 11 is 1.98. The Balaban J connectivity index is 2.27. The van der Waals surface area contributed by atoms with E-state index in [9.17, 15) is 0 Å². The zero-order valence-corrected chi connectivity index (χ0v) is 9.96. The normalized spacial score (nSPS) is 16.6. The molecule has 0 unspecified atom stereocenters. The lowest BCUT2D eigenvalue weighted by Gasteiger charge is -2.24. The highest BCUT2D eigenvalue weighted by Crippen LogP contribution is 2.26. The first-order chi connectivity index (χ1) is 7.81. The molecule has 1 aliphatic rings. The lowest BCUT2D eigenvalue weighted by Crippen LogP contribution is -2.26. The van der Waals surface area contributed by atoms with Gasteiger partial charge in [-0.1, -0.05) is 0 Å². The Morgan fingerprint density at radius 3 is 3.00 bits per heavy atom. The molecule has 1 saturated heterocycles. The van der Waals surface area contributed by atoms with E-state index in [4.69, 9.17) is 11.0 Å². The molecule has 0 spiro atoms. The number of anilines is 2. The average Bonchev–Trinajstić information content (AvgIpc) is 2.58. The summed E-state index contributed by atoms with van der Waals surface area (Å²) in [5.41, 5.74) is 8.43. The molecule has 1 heterocycles. The molecule has 2 N–H and O–H groups in total. The lowest BCUT2D eigenvalue weighted by molar-refractivity contribution is 0.817. The summed E-state index contributed by atoms with van der Waals surface area (Å²) in [7, 11) is 0. The molecule has 1 aromatic rings. The summed E-state index contributed by atoms with van der Waals surface area (Å²) in [5, 5.41) is 8.89. The van der Waals surface area contributed by atoms with E-state index in [1.807, 2.05) is 23.9 Å². The van der Waals surface area contributed by atoms with E-state index >= 15 is 0 Å². The predicted molar refractivity (Wildman–Crippen MR) is 69.7 cm³/mol. The SMILES string of the molecule is N#Cc1ccc(N)c(N2CCCSCC2)c1. The second kappa shape index (κ2) is 5.13. The van der Waals surface area contributed by atoms with Gasteiger partial charge in [-0.2, -0.15) is 17.0 Å². The zero-order chi connectivity index (χ0) is 11.4. The first-order valence-electron chi connectivity index (χ1n) is 5.43. The number of nitrogen functional groups attached to an aromatic ring is 1. The number of rotatable bonds is 1. The van der Waals surface area contributed by atoms with Crippen LogP contribution in [0.4, 0.5) is 11.4 Å². The van der Waals surface area contributed by atoms with Crippen molar-refractivity contribution >= 4 is 23.1 Å². The van der Waals surface area contributed by atoms with Gasteiger partial charge in [0.25, 0.3) is 0 Å². The number of hydrogen-bond acceptors (Lipinski definition) is 4. The maximum atomic E-state index is 8.89. The molecule has 0 saturated carbocycles. The fourth-order valence-corrected chi connectivity index (χ4v) is 2.76. The summed E-state index contributed by atoms with van der Waals surface area (Å²) in [6.45, 7) is 2.05. The van der Waals surface area contributed by atoms with Gasteiger partial charge in [-0.25, -0.2) is 0 Å². The molecule has 84 valence electrons. The van der Waals surface area contributed by atoms with Gasteiger partial charge in [0.15, 0.2) is 0 Å². The van der Waals surface area contributed by atoms with Crippen LogP contribution in [0.25, 0.3) is 0 Å². The molecular formula is C12H15N3S. The van der Waals surface area contributed by atoms with Gasteiger partial charge in [0.2, 0.25) is 0 Å². The third-order valence-electron chi connectivity index (χ3n) is 2.72. The molecule has 0 bridgehead atoms. The Hall–Kier alpha value is -1.34. The standard InChI is InChI=1S/C12H15N3S/c13-9-10-2-3-11(14)12(8-10)15-4-1-6-16-7-5-15/h2-3,8H,1,4-7,14H2. The molecule has 0 amide bonds. The van der Waals surface area contributed by atoms with Crippen molar-refractivity contribution in [1.82, 2.24) is 0 Å². The van der Waals surface area contributed by atoms with Crippen LogP contribution in [0.1, 0.15) is 12.0 Å². The van der Waals surface area contributed by atoms with Gasteiger partial charge in [-0.05, 0) is 30.4 Å². The molecule has 0 aliphatic carbocycles. The highest BCUT2D eigenvalue weighted by Gasteiger charge is 2.12. The number of hydrogen-bond donors (Lipinski definition) is 1. The quantitative estimate of drug-likeness (QED) is 0.755.